The molecule has 1 N–H and O–H groups in total. The number of hydrogen-bond donors (Lipinski definition) is 1. The summed E-state index contributed by atoms with van der Waals surface area (Å²) in [5.74, 6) is -1.90. The van der Waals surface area contributed by atoms with Crippen molar-refractivity contribution in [2.45, 2.75) is 38.3 Å². The van der Waals surface area contributed by atoms with E-state index in [0.29, 0.717) is 29.7 Å². The molecule has 0 aliphatic carbocycles. The van der Waals surface area contributed by atoms with Crippen LogP contribution in [0.3, 0.4) is 0 Å². The molecule has 1 aliphatic rings. The van der Waals surface area contributed by atoms with E-state index in [2.05, 4.69) is 0 Å². The van der Waals surface area contributed by atoms with Crippen LogP contribution in [-0.2, 0) is 35.4 Å². The largest absolute Gasteiger partial charge is 0.487 e. The van der Waals surface area contributed by atoms with Gasteiger partial charge >= 0.3 is 5.97 Å². The van der Waals surface area contributed by atoms with E-state index in [-0.39, 0.29) is 23.0 Å². The van der Waals surface area contributed by atoms with Gasteiger partial charge in [-0.25, -0.2) is 8.78 Å². The summed E-state index contributed by atoms with van der Waals surface area (Å²) in [5, 5.41) is 9.47. The first-order valence-electron chi connectivity index (χ1n) is 11.2. The number of carbonyl (C=O) groups is 2. The standard InChI is InChI=1S/C27H23Cl2F2NO4/c1-27(12-17-2-6-21(28)23(31)9-17)13-19-8-16(3-7-24(19)36-27)10-25(33)32(15-26(34)35)14-18-4-5-20(30)11-22(18)29/h2-9,11H,10,12-15H2,1H3,(H,34,35)/t27-/m0/s1. The van der Waals surface area contributed by atoms with Gasteiger partial charge in [-0.1, -0.05) is 47.5 Å². The summed E-state index contributed by atoms with van der Waals surface area (Å²) in [6.07, 6.45) is 0.992. The summed E-state index contributed by atoms with van der Waals surface area (Å²) >= 11 is 11.9. The number of carboxylic acid groups (broad SMARTS) is 1. The van der Waals surface area contributed by atoms with Gasteiger partial charge in [0.15, 0.2) is 0 Å². The molecule has 0 aromatic heterocycles. The number of fused-ring (bicyclic) bond motifs is 1. The van der Waals surface area contributed by atoms with Crippen LogP contribution in [0, 0.1) is 11.6 Å². The lowest BCUT2D eigenvalue weighted by Gasteiger charge is -2.24. The second-order valence-electron chi connectivity index (χ2n) is 9.15. The third-order valence-corrected chi connectivity index (χ3v) is 6.68. The fourth-order valence-corrected chi connectivity index (χ4v) is 4.75. The molecule has 1 aliphatic heterocycles. The van der Waals surface area contributed by atoms with E-state index in [9.17, 15) is 23.5 Å². The number of nitrogens with zero attached hydrogens (tertiary/aromatic N) is 1. The van der Waals surface area contributed by atoms with E-state index in [1.54, 1.807) is 18.2 Å². The van der Waals surface area contributed by atoms with E-state index >= 15 is 0 Å². The van der Waals surface area contributed by atoms with Crippen LogP contribution < -0.4 is 4.74 Å². The van der Waals surface area contributed by atoms with E-state index in [4.69, 9.17) is 27.9 Å². The minimum absolute atomic E-state index is 0.0293. The lowest BCUT2D eigenvalue weighted by Crippen LogP contribution is -2.36. The normalized spacial score (nSPS) is 16.4. The summed E-state index contributed by atoms with van der Waals surface area (Å²) in [6.45, 7) is 1.36. The maximum absolute atomic E-state index is 13.9. The smallest absolute Gasteiger partial charge is 0.323 e. The Hall–Kier alpha value is -3.16. The molecule has 0 saturated heterocycles. The number of ether oxygens (including phenoxy) is 1. The van der Waals surface area contributed by atoms with Gasteiger partial charge in [-0.05, 0) is 59.5 Å². The lowest BCUT2D eigenvalue weighted by atomic mass is 9.91. The molecule has 9 heteroatoms. The van der Waals surface area contributed by atoms with Gasteiger partial charge in [0.1, 0.15) is 29.5 Å². The topological polar surface area (TPSA) is 66.8 Å². The van der Waals surface area contributed by atoms with Crippen molar-refractivity contribution in [1.29, 1.82) is 0 Å². The van der Waals surface area contributed by atoms with Gasteiger partial charge in [0.25, 0.3) is 0 Å². The number of benzene rings is 3. The number of carboxylic acids is 1. The Morgan fingerprint density at radius 2 is 1.78 bits per heavy atom. The van der Waals surface area contributed by atoms with Gasteiger partial charge in [-0.15, -0.1) is 0 Å². The molecule has 1 amide bonds. The van der Waals surface area contributed by atoms with Gasteiger partial charge in [-0.3, -0.25) is 9.59 Å². The molecule has 4 rings (SSSR count). The predicted octanol–water partition coefficient (Wildman–Crippen LogP) is 5.86. The van der Waals surface area contributed by atoms with Crippen molar-refractivity contribution in [2.24, 2.45) is 0 Å². The summed E-state index contributed by atoms with van der Waals surface area (Å²) < 4.78 is 33.4. The number of halogens is 4. The van der Waals surface area contributed by atoms with Gasteiger partial charge < -0.3 is 14.7 Å². The zero-order chi connectivity index (χ0) is 26.0. The first-order chi connectivity index (χ1) is 17.0. The van der Waals surface area contributed by atoms with Gasteiger partial charge in [0, 0.05) is 24.4 Å². The third kappa shape index (κ3) is 6.15. The van der Waals surface area contributed by atoms with Crippen LogP contribution in [0.1, 0.15) is 29.2 Å². The monoisotopic (exact) mass is 533 g/mol. The number of aliphatic carboxylic acids is 1. The maximum Gasteiger partial charge on any atom is 0.323 e. The van der Waals surface area contributed by atoms with Crippen LogP contribution in [0.2, 0.25) is 10.0 Å². The fraction of sp³-hybridized carbons (Fsp3) is 0.259. The molecule has 1 atom stereocenters. The van der Waals surface area contributed by atoms with Crippen molar-refractivity contribution in [1.82, 2.24) is 4.90 Å². The molecule has 0 saturated carbocycles. The molecule has 0 unspecified atom stereocenters. The molecule has 5 nitrogen and oxygen atoms in total. The van der Waals surface area contributed by atoms with Gasteiger partial charge in [0.2, 0.25) is 5.91 Å². The summed E-state index contributed by atoms with van der Waals surface area (Å²) in [4.78, 5) is 25.6. The lowest BCUT2D eigenvalue weighted by molar-refractivity contribution is -0.144. The Morgan fingerprint density at radius 3 is 2.47 bits per heavy atom. The van der Waals surface area contributed by atoms with Gasteiger partial charge in [0.05, 0.1) is 11.4 Å². The average Bonchev–Trinajstić information content (AvgIpc) is 3.12. The molecular weight excluding hydrogens is 511 g/mol. The Morgan fingerprint density at radius 1 is 1.03 bits per heavy atom. The van der Waals surface area contributed by atoms with Crippen molar-refractivity contribution < 1.29 is 28.2 Å². The van der Waals surface area contributed by atoms with Crippen molar-refractivity contribution >= 4 is 35.1 Å². The van der Waals surface area contributed by atoms with Crippen molar-refractivity contribution in [3.05, 3.63) is 98.5 Å². The van der Waals surface area contributed by atoms with E-state index in [1.807, 2.05) is 13.0 Å². The highest BCUT2D eigenvalue weighted by Crippen LogP contribution is 2.38. The first-order valence-corrected chi connectivity index (χ1v) is 12.0. The van der Waals surface area contributed by atoms with E-state index in [1.165, 1.54) is 29.2 Å². The minimum Gasteiger partial charge on any atom is -0.487 e. The van der Waals surface area contributed by atoms with Crippen LogP contribution in [0.15, 0.2) is 54.6 Å². The Labute approximate surface area is 217 Å². The summed E-state index contributed by atoms with van der Waals surface area (Å²) in [6, 6.07) is 13.8. The van der Waals surface area contributed by atoms with Crippen LogP contribution in [-0.4, -0.2) is 34.0 Å². The van der Waals surface area contributed by atoms with Crippen molar-refractivity contribution in [3.63, 3.8) is 0 Å². The maximum atomic E-state index is 13.9. The molecule has 1 heterocycles. The second kappa shape index (κ2) is 10.4. The Balaban J connectivity index is 1.47. The minimum atomic E-state index is -1.17. The van der Waals surface area contributed by atoms with Crippen LogP contribution in [0.4, 0.5) is 8.78 Å². The van der Waals surface area contributed by atoms with Gasteiger partial charge in [-0.2, -0.15) is 0 Å². The second-order valence-corrected chi connectivity index (χ2v) is 9.97. The first kappa shape index (κ1) is 25.9. The Kier molecular flexibility index (Phi) is 7.52. The third-order valence-electron chi connectivity index (χ3n) is 6.02. The zero-order valence-corrected chi connectivity index (χ0v) is 20.9. The molecule has 36 heavy (non-hydrogen) atoms. The number of rotatable bonds is 8. The molecule has 3 aromatic rings. The highest BCUT2D eigenvalue weighted by molar-refractivity contribution is 6.31. The number of amides is 1. The molecule has 0 bridgehead atoms. The van der Waals surface area contributed by atoms with Crippen LogP contribution in [0.5, 0.6) is 5.75 Å². The summed E-state index contributed by atoms with van der Waals surface area (Å²) in [5.41, 5.74) is 2.21. The Bertz CT molecular complexity index is 1330. The molecule has 0 radical (unpaired) electrons. The number of hydrogen-bond acceptors (Lipinski definition) is 3. The molecule has 3 aromatic carbocycles. The molecule has 0 spiro atoms. The average molecular weight is 534 g/mol. The molecule has 188 valence electrons. The quantitative estimate of drug-likeness (QED) is 0.393. The molecule has 0 fully saturated rings. The molecular formula is C27H23Cl2F2NO4. The van der Waals surface area contributed by atoms with Crippen LogP contribution >= 0.6 is 23.2 Å². The predicted molar refractivity (Wildman–Crippen MR) is 132 cm³/mol. The van der Waals surface area contributed by atoms with Crippen molar-refractivity contribution in [3.8, 4) is 5.75 Å². The van der Waals surface area contributed by atoms with E-state index in [0.717, 1.165) is 17.2 Å². The summed E-state index contributed by atoms with van der Waals surface area (Å²) in [7, 11) is 0. The van der Waals surface area contributed by atoms with E-state index < -0.39 is 35.7 Å². The number of carbonyl (C=O) groups excluding carboxylic acids is 1. The highest BCUT2D eigenvalue weighted by atomic mass is 35.5. The van der Waals surface area contributed by atoms with Crippen LogP contribution in [0.25, 0.3) is 0 Å². The SMILES string of the molecule is C[C@]1(Cc2ccc(Cl)c(F)c2)Cc2cc(CC(=O)N(CC(=O)O)Cc3ccc(F)cc3Cl)ccc2O1. The fourth-order valence-electron chi connectivity index (χ4n) is 4.40. The highest BCUT2D eigenvalue weighted by Gasteiger charge is 2.35. The van der Waals surface area contributed by atoms with Crippen molar-refractivity contribution in [2.75, 3.05) is 6.54 Å². The zero-order valence-electron chi connectivity index (χ0n) is 19.4.